The first-order valence-electron chi connectivity index (χ1n) is 7.97. The molecular weight excluding hydrogens is 368 g/mol. The van der Waals surface area contributed by atoms with Crippen LogP contribution in [0.4, 0.5) is 23.3 Å². The lowest BCUT2D eigenvalue weighted by Gasteiger charge is -2.09. The van der Waals surface area contributed by atoms with E-state index in [4.69, 9.17) is 27.8 Å². The number of ether oxygens (including phenoxy) is 1. The molecule has 0 saturated carbocycles. The van der Waals surface area contributed by atoms with Crippen LogP contribution in [-0.2, 0) is 11.3 Å². The number of nitrogens with one attached hydrogen (secondary N) is 1. The minimum atomic E-state index is -0.637. The number of nitrogens with two attached hydrogens (primary N) is 2. The molecule has 1 aromatic heterocycles. The van der Waals surface area contributed by atoms with Crippen LogP contribution in [-0.4, -0.2) is 20.9 Å². The molecule has 0 aliphatic carbocycles. The van der Waals surface area contributed by atoms with E-state index in [2.05, 4.69) is 20.3 Å². The summed E-state index contributed by atoms with van der Waals surface area (Å²) in [4.78, 5) is 24.4. The molecule has 0 spiro atoms. The normalized spacial score (nSPS) is 10.4. The van der Waals surface area contributed by atoms with Crippen LogP contribution in [0.25, 0.3) is 0 Å². The maximum Gasteiger partial charge on any atom is 0.340 e. The monoisotopic (exact) mass is 384 g/mol. The van der Waals surface area contributed by atoms with Crippen LogP contribution in [0.15, 0.2) is 42.5 Å². The van der Waals surface area contributed by atoms with Crippen LogP contribution >= 0.6 is 11.6 Å². The Hall–Kier alpha value is -3.39. The molecule has 9 heteroatoms. The average Bonchev–Trinajstić information content (AvgIpc) is 2.63. The molecular formula is C18H17ClN6O2. The van der Waals surface area contributed by atoms with Crippen molar-refractivity contribution in [3.8, 4) is 0 Å². The van der Waals surface area contributed by atoms with Crippen molar-refractivity contribution in [3.63, 3.8) is 0 Å². The number of hydrogen-bond acceptors (Lipinski definition) is 8. The molecule has 138 valence electrons. The predicted molar refractivity (Wildman–Crippen MR) is 104 cm³/mol. The summed E-state index contributed by atoms with van der Waals surface area (Å²) in [5, 5.41) is 3.41. The third kappa shape index (κ3) is 4.83. The van der Waals surface area contributed by atoms with Crippen molar-refractivity contribution in [2.75, 3.05) is 16.8 Å². The lowest BCUT2D eigenvalue weighted by Crippen LogP contribution is -2.12. The first-order valence-corrected chi connectivity index (χ1v) is 8.35. The molecule has 8 nitrogen and oxygen atoms in total. The first kappa shape index (κ1) is 18.4. The summed E-state index contributed by atoms with van der Waals surface area (Å²) in [6.07, 6.45) is 0. The van der Waals surface area contributed by atoms with Crippen molar-refractivity contribution < 1.29 is 9.53 Å². The number of halogens is 1. The van der Waals surface area contributed by atoms with Gasteiger partial charge in [0.25, 0.3) is 0 Å². The van der Waals surface area contributed by atoms with Crippen molar-refractivity contribution >= 4 is 40.8 Å². The van der Waals surface area contributed by atoms with Crippen LogP contribution < -0.4 is 16.8 Å². The highest BCUT2D eigenvalue weighted by Gasteiger charge is 2.14. The molecule has 1 heterocycles. The van der Waals surface area contributed by atoms with Crippen molar-refractivity contribution in [1.82, 2.24) is 15.0 Å². The Bertz CT molecular complexity index is 978. The Kier molecular flexibility index (Phi) is 5.37. The number of aromatic nitrogens is 3. The number of nitrogen functional groups attached to an aromatic ring is 2. The zero-order chi connectivity index (χ0) is 19.4. The Labute approximate surface area is 160 Å². The minimum absolute atomic E-state index is 0.00734. The SMILES string of the molecule is Cc1ccc(Nc2nc(N)nc(COC(=O)c3cc(Cl)ccc3N)n2)cc1. The summed E-state index contributed by atoms with van der Waals surface area (Å²) in [5.41, 5.74) is 13.8. The van der Waals surface area contributed by atoms with E-state index in [1.54, 1.807) is 6.07 Å². The molecule has 3 aromatic rings. The van der Waals surface area contributed by atoms with Gasteiger partial charge < -0.3 is 21.5 Å². The third-order valence-corrected chi connectivity index (χ3v) is 3.81. The highest BCUT2D eigenvalue weighted by molar-refractivity contribution is 6.31. The Morgan fingerprint density at radius 3 is 2.59 bits per heavy atom. The van der Waals surface area contributed by atoms with E-state index in [-0.39, 0.29) is 35.6 Å². The van der Waals surface area contributed by atoms with Crippen molar-refractivity contribution in [2.45, 2.75) is 13.5 Å². The van der Waals surface area contributed by atoms with Gasteiger partial charge in [0.2, 0.25) is 11.9 Å². The van der Waals surface area contributed by atoms with E-state index in [1.165, 1.54) is 12.1 Å². The van der Waals surface area contributed by atoms with Crippen LogP contribution in [0, 0.1) is 6.92 Å². The number of rotatable bonds is 5. The second kappa shape index (κ2) is 7.88. The van der Waals surface area contributed by atoms with Crippen LogP contribution in [0.1, 0.15) is 21.7 Å². The van der Waals surface area contributed by atoms with Gasteiger partial charge in [0, 0.05) is 16.4 Å². The van der Waals surface area contributed by atoms with Crippen molar-refractivity contribution in [2.24, 2.45) is 0 Å². The van der Waals surface area contributed by atoms with Gasteiger partial charge in [-0.05, 0) is 37.3 Å². The molecule has 0 radical (unpaired) electrons. The second-order valence-electron chi connectivity index (χ2n) is 5.73. The number of esters is 1. The average molecular weight is 385 g/mol. The molecule has 27 heavy (non-hydrogen) atoms. The topological polar surface area (TPSA) is 129 Å². The fraction of sp³-hybridized carbons (Fsp3) is 0.111. The third-order valence-electron chi connectivity index (χ3n) is 3.57. The summed E-state index contributed by atoms with van der Waals surface area (Å²) in [7, 11) is 0. The Morgan fingerprint density at radius 2 is 1.85 bits per heavy atom. The largest absolute Gasteiger partial charge is 0.454 e. The van der Waals surface area contributed by atoms with Gasteiger partial charge in [-0.25, -0.2) is 4.79 Å². The van der Waals surface area contributed by atoms with Crippen molar-refractivity contribution in [3.05, 3.63) is 64.4 Å². The van der Waals surface area contributed by atoms with Gasteiger partial charge in [-0.15, -0.1) is 0 Å². The van der Waals surface area contributed by atoms with Crippen LogP contribution in [0.3, 0.4) is 0 Å². The fourth-order valence-electron chi connectivity index (χ4n) is 2.24. The number of carbonyl (C=O) groups is 1. The fourth-order valence-corrected chi connectivity index (χ4v) is 2.41. The summed E-state index contributed by atoms with van der Waals surface area (Å²) in [6, 6.07) is 12.2. The molecule has 0 bridgehead atoms. The molecule has 0 atom stereocenters. The maximum atomic E-state index is 12.2. The number of carbonyl (C=O) groups excluding carboxylic acids is 1. The second-order valence-corrected chi connectivity index (χ2v) is 6.17. The Morgan fingerprint density at radius 1 is 1.11 bits per heavy atom. The molecule has 0 saturated heterocycles. The zero-order valence-electron chi connectivity index (χ0n) is 14.4. The van der Waals surface area contributed by atoms with Gasteiger partial charge in [0.1, 0.15) is 0 Å². The predicted octanol–water partition coefficient (Wildman–Crippen LogP) is 3.10. The highest BCUT2D eigenvalue weighted by atomic mass is 35.5. The molecule has 0 fully saturated rings. The van der Waals surface area contributed by atoms with Crippen LogP contribution in [0.2, 0.25) is 5.02 Å². The van der Waals surface area contributed by atoms with E-state index in [0.717, 1.165) is 11.3 Å². The van der Waals surface area contributed by atoms with Gasteiger partial charge in [0.15, 0.2) is 12.4 Å². The standard InChI is InChI=1S/C18H17ClN6O2/c1-10-2-5-12(6-3-10)22-18-24-15(23-17(21)25-18)9-27-16(26)13-8-11(19)4-7-14(13)20/h2-8H,9,20H2,1H3,(H3,21,22,23,24,25). The number of aryl methyl sites for hydroxylation is 1. The Balaban J connectivity index is 1.71. The highest BCUT2D eigenvalue weighted by Crippen LogP contribution is 2.19. The van der Waals surface area contributed by atoms with E-state index >= 15 is 0 Å². The molecule has 3 rings (SSSR count). The van der Waals surface area contributed by atoms with Crippen molar-refractivity contribution in [1.29, 1.82) is 0 Å². The first-order chi connectivity index (χ1) is 12.9. The van der Waals surface area contributed by atoms with Gasteiger partial charge in [0.05, 0.1) is 5.56 Å². The van der Waals surface area contributed by atoms with Gasteiger partial charge in [-0.3, -0.25) is 0 Å². The smallest absolute Gasteiger partial charge is 0.340 e. The quantitative estimate of drug-likeness (QED) is 0.452. The zero-order valence-corrected chi connectivity index (χ0v) is 15.2. The van der Waals surface area contributed by atoms with E-state index < -0.39 is 5.97 Å². The lowest BCUT2D eigenvalue weighted by molar-refractivity contribution is 0.0463. The minimum Gasteiger partial charge on any atom is -0.454 e. The number of anilines is 4. The van der Waals surface area contributed by atoms with E-state index in [1.807, 2.05) is 31.2 Å². The molecule has 0 unspecified atom stereocenters. The summed E-state index contributed by atoms with van der Waals surface area (Å²) < 4.78 is 5.21. The lowest BCUT2D eigenvalue weighted by atomic mass is 10.2. The number of nitrogens with zero attached hydrogens (tertiary/aromatic N) is 3. The summed E-state index contributed by atoms with van der Waals surface area (Å²) >= 11 is 5.89. The van der Waals surface area contributed by atoms with Gasteiger partial charge in [-0.1, -0.05) is 29.3 Å². The van der Waals surface area contributed by atoms with Crippen LogP contribution in [0.5, 0.6) is 0 Å². The van der Waals surface area contributed by atoms with E-state index in [9.17, 15) is 4.79 Å². The molecule has 2 aromatic carbocycles. The maximum absolute atomic E-state index is 12.2. The molecule has 5 N–H and O–H groups in total. The van der Waals surface area contributed by atoms with Gasteiger partial charge >= 0.3 is 5.97 Å². The summed E-state index contributed by atoms with van der Waals surface area (Å²) in [5.74, 6) is -0.180. The molecule has 0 aliphatic rings. The molecule has 0 amide bonds. The van der Waals surface area contributed by atoms with E-state index in [0.29, 0.717) is 5.02 Å². The molecule has 0 aliphatic heterocycles. The number of benzene rings is 2. The van der Waals surface area contributed by atoms with Gasteiger partial charge in [-0.2, -0.15) is 15.0 Å². The summed E-state index contributed by atoms with van der Waals surface area (Å²) in [6.45, 7) is 1.80. The number of hydrogen-bond donors (Lipinski definition) is 3.